The van der Waals surface area contributed by atoms with Crippen LogP contribution in [0.4, 0.5) is 0 Å². The molecule has 0 radical (unpaired) electrons. The number of nitrogens with one attached hydrogen (secondary N) is 1. The van der Waals surface area contributed by atoms with Gasteiger partial charge in [0.05, 0.1) is 11.9 Å². The van der Waals surface area contributed by atoms with E-state index < -0.39 is 5.54 Å². The molecule has 3 aromatic rings. The largest absolute Gasteiger partial charge is 0.342 e. The second-order valence-corrected chi connectivity index (χ2v) is 10.3. The Morgan fingerprint density at radius 3 is 2.34 bits per heavy atom. The summed E-state index contributed by atoms with van der Waals surface area (Å²) in [7, 11) is 0. The van der Waals surface area contributed by atoms with E-state index in [2.05, 4.69) is 15.2 Å². The molecule has 4 aliphatic rings. The molecular weight excluding hydrogens is 440 g/mol. The van der Waals surface area contributed by atoms with E-state index >= 15 is 0 Å². The highest BCUT2D eigenvalue weighted by molar-refractivity contribution is 6.16. The highest BCUT2D eigenvalue weighted by Crippen LogP contribution is 2.46. The van der Waals surface area contributed by atoms with Crippen LogP contribution in [-0.4, -0.2) is 67.8 Å². The number of nitrogens with zero attached hydrogens (tertiary/aromatic N) is 5. The quantitative estimate of drug-likeness (QED) is 0.604. The van der Waals surface area contributed by atoms with E-state index in [9.17, 15) is 9.59 Å². The zero-order chi connectivity index (χ0) is 23.6. The molecule has 2 amide bonds. The van der Waals surface area contributed by atoms with Gasteiger partial charge >= 0.3 is 0 Å². The van der Waals surface area contributed by atoms with Gasteiger partial charge in [-0.1, -0.05) is 30.3 Å². The number of carbonyl (C=O) groups is 2. The molecule has 2 aliphatic carbocycles. The highest BCUT2D eigenvalue weighted by Gasteiger charge is 2.57. The van der Waals surface area contributed by atoms with Crippen molar-refractivity contribution in [1.29, 1.82) is 0 Å². The molecule has 3 fully saturated rings. The van der Waals surface area contributed by atoms with E-state index in [4.69, 9.17) is 4.99 Å². The van der Waals surface area contributed by atoms with Crippen LogP contribution in [-0.2, 0) is 9.59 Å². The number of benzene rings is 1. The van der Waals surface area contributed by atoms with Gasteiger partial charge in [-0.15, -0.1) is 0 Å². The van der Waals surface area contributed by atoms with Gasteiger partial charge in [0, 0.05) is 66.1 Å². The minimum absolute atomic E-state index is 0.125. The number of aromatic nitrogens is 3. The number of aliphatic imine (C=N–C) groups is 1. The topological polar surface area (TPSA) is 94.5 Å². The summed E-state index contributed by atoms with van der Waals surface area (Å²) < 4.78 is 0. The molecule has 4 heterocycles. The highest BCUT2D eigenvalue weighted by atomic mass is 16.2. The molecule has 0 bridgehead atoms. The molecule has 2 aromatic heterocycles. The summed E-state index contributed by atoms with van der Waals surface area (Å²) in [6, 6.07) is 12.2. The lowest BCUT2D eigenvalue weighted by molar-refractivity contribution is -0.139. The average molecular weight is 467 g/mol. The number of amidine groups is 1. The Labute approximate surface area is 203 Å². The molecule has 2 saturated carbocycles. The summed E-state index contributed by atoms with van der Waals surface area (Å²) in [5.74, 6) is 1.77. The number of carbonyl (C=O) groups excluding carboxylic acids is 2. The number of hydrogen-bond donors (Lipinski definition) is 1. The van der Waals surface area contributed by atoms with Gasteiger partial charge in [-0.2, -0.15) is 5.10 Å². The van der Waals surface area contributed by atoms with Gasteiger partial charge in [-0.25, -0.2) is 0 Å². The standard InChI is InChI=1S/C27H26N6O2/c34-25(20-5-6-20)32-14-17(15-32)16-33-24(31-27(9-10-27)26(33)35)19-3-1-18(2-4-19)23-8-7-21(11-28-23)22-12-29-30-13-22/h1-4,7-8,11-13,17,20H,5-6,9-10,14-16H2,(H,29,30). The van der Waals surface area contributed by atoms with E-state index in [1.807, 2.05) is 58.6 Å². The van der Waals surface area contributed by atoms with E-state index in [0.717, 1.165) is 72.6 Å². The zero-order valence-electron chi connectivity index (χ0n) is 19.4. The first-order chi connectivity index (χ1) is 17.1. The van der Waals surface area contributed by atoms with Crippen molar-refractivity contribution in [3.63, 3.8) is 0 Å². The third-order valence-corrected chi connectivity index (χ3v) is 7.61. The monoisotopic (exact) mass is 466 g/mol. The van der Waals surface area contributed by atoms with E-state index in [-0.39, 0.29) is 11.8 Å². The van der Waals surface area contributed by atoms with Crippen molar-refractivity contribution in [3.05, 3.63) is 60.6 Å². The molecule has 0 unspecified atom stereocenters. The van der Waals surface area contributed by atoms with Gasteiger partial charge in [0.1, 0.15) is 11.4 Å². The predicted molar refractivity (Wildman–Crippen MR) is 130 cm³/mol. The van der Waals surface area contributed by atoms with Crippen LogP contribution >= 0.6 is 0 Å². The Morgan fingerprint density at radius 1 is 0.971 bits per heavy atom. The minimum Gasteiger partial charge on any atom is -0.342 e. The molecule has 1 N–H and O–H groups in total. The number of aromatic amines is 1. The van der Waals surface area contributed by atoms with Crippen LogP contribution in [0.2, 0.25) is 0 Å². The average Bonchev–Trinajstić information content (AvgIpc) is 3.78. The smallest absolute Gasteiger partial charge is 0.256 e. The van der Waals surface area contributed by atoms with Crippen LogP contribution in [0.3, 0.4) is 0 Å². The van der Waals surface area contributed by atoms with E-state index in [1.54, 1.807) is 6.20 Å². The fraction of sp³-hybridized carbons (Fsp3) is 0.370. The number of rotatable bonds is 6. The maximum absolute atomic E-state index is 13.2. The Morgan fingerprint density at radius 2 is 1.71 bits per heavy atom. The van der Waals surface area contributed by atoms with Gasteiger partial charge in [-0.3, -0.25) is 29.6 Å². The van der Waals surface area contributed by atoms with Gasteiger partial charge in [0.15, 0.2) is 0 Å². The molecular formula is C27H26N6O2. The number of hydrogen-bond acceptors (Lipinski definition) is 5. The number of pyridine rings is 1. The molecule has 0 atom stereocenters. The van der Waals surface area contributed by atoms with Crippen molar-refractivity contribution in [2.75, 3.05) is 19.6 Å². The maximum Gasteiger partial charge on any atom is 0.256 e. The van der Waals surface area contributed by atoms with E-state index in [0.29, 0.717) is 18.4 Å². The molecule has 2 aliphatic heterocycles. The lowest BCUT2D eigenvalue weighted by Crippen LogP contribution is -2.55. The van der Waals surface area contributed by atoms with Crippen molar-refractivity contribution in [1.82, 2.24) is 25.0 Å². The van der Waals surface area contributed by atoms with Gasteiger partial charge in [0.25, 0.3) is 5.91 Å². The Hall–Kier alpha value is -3.81. The van der Waals surface area contributed by atoms with Crippen molar-refractivity contribution in [2.24, 2.45) is 16.8 Å². The SMILES string of the molecule is O=C(C1CC1)N1CC(CN2C(=O)C3(CC3)N=C2c2ccc(-c3ccc(-c4cn[nH]c4)cn3)cc2)C1. The first-order valence-electron chi connectivity index (χ1n) is 12.4. The Bertz CT molecular complexity index is 1320. The second kappa shape index (κ2) is 7.60. The molecule has 7 rings (SSSR count). The van der Waals surface area contributed by atoms with Gasteiger partial charge < -0.3 is 4.90 Å². The third kappa shape index (κ3) is 3.55. The summed E-state index contributed by atoms with van der Waals surface area (Å²) in [6.45, 7) is 2.13. The molecule has 1 aromatic carbocycles. The molecule has 176 valence electrons. The second-order valence-electron chi connectivity index (χ2n) is 10.3. The van der Waals surface area contributed by atoms with Crippen molar-refractivity contribution < 1.29 is 9.59 Å². The fourth-order valence-corrected chi connectivity index (χ4v) is 5.14. The molecule has 8 nitrogen and oxygen atoms in total. The van der Waals surface area contributed by atoms with Gasteiger partial charge in [0.2, 0.25) is 5.91 Å². The first-order valence-corrected chi connectivity index (χ1v) is 12.4. The van der Waals surface area contributed by atoms with Crippen molar-refractivity contribution in [3.8, 4) is 22.4 Å². The van der Waals surface area contributed by atoms with Crippen LogP contribution in [0.5, 0.6) is 0 Å². The minimum atomic E-state index is -0.536. The number of H-pyrrole nitrogens is 1. The maximum atomic E-state index is 13.2. The van der Waals surface area contributed by atoms with Crippen LogP contribution < -0.4 is 0 Å². The van der Waals surface area contributed by atoms with Crippen LogP contribution in [0.25, 0.3) is 22.4 Å². The summed E-state index contributed by atoms with van der Waals surface area (Å²) in [5, 5.41) is 6.81. The molecule has 1 saturated heterocycles. The van der Waals surface area contributed by atoms with Crippen LogP contribution in [0.1, 0.15) is 31.2 Å². The Balaban J connectivity index is 1.08. The van der Waals surface area contributed by atoms with Crippen LogP contribution in [0.15, 0.2) is 60.0 Å². The first kappa shape index (κ1) is 20.6. The lowest BCUT2D eigenvalue weighted by Gasteiger charge is -2.41. The molecule has 1 spiro atoms. The summed E-state index contributed by atoms with van der Waals surface area (Å²) in [5.41, 5.74) is 4.33. The third-order valence-electron chi connectivity index (χ3n) is 7.61. The summed E-state index contributed by atoms with van der Waals surface area (Å²) >= 11 is 0. The van der Waals surface area contributed by atoms with Gasteiger partial charge in [-0.05, 0) is 31.7 Å². The molecule has 35 heavy (non-hydrogen) atoms. The van der Waals surface area contributed by atoms with Crippen molar-refractivity contribution >= 4 is 17.6 Å². The summed E-state index contributed by atoms with van der Waals surface area (Å²) in [4.78, 5) is 38.8. The number of amides is 2. The zero-order valence-corrected chi connectivity index (χ0v) is 19.4. The normalized spacial score (nSPS) is 20.8. The fourth-order valence-electron chi connectivity index (χ4n) is 5.14. The van der Waals surface area contributed by atoms with Crippen LogP contribution in [0, 0.1) is 11.8 Å². The Kier molecular flexibility index (Phi) is 4.46. The molecule has 8 heteroatoms. The lowest BCUT2D eigenvalue weighted by atomic mass is 9.98. The van der Waals surface area contributed by atoms with Crippen molar-refractivity contribution in [2.45, 2.75) is 31.2 Å². The summed E-state index contributed by atoms with van der Waals surface area (Å²) in [6.07, 6.45) is 9.19. The predicted octanol–water partition coefficient (Wildman–Crippen LogP) is 3.13. The number of likely N-dealkylation sites (tertiary alicyclic amines) is 1. The van der Waals surface area contributed by atoms with E-state index in [1.165, 1.54) is 0 Å².